The van der Waals surface area contributed by atoms with Crippen LogP contribution in [0.25, 0.3) is 0 Å². The van der Waals surface area contributed by atoms with Crippen molar-refractivity contribution in [2.45, 2.75) is 39.8 Å². The van der Waals surface area contributed by atoms with Gasteiger partial charge in [-0.1, -0.05) is 36.7 Å². The van der Waals surface area contributed by atoms with E-state index in [-0.39, 0.29) is 25.0 Å². The number of ether oxygens (including phenoxy) is 1. The lowest BCUT2D eigenvalue weighted by Crippen LogP contribution is -2.49. The van der Waals surface area contributed by atoms with Crippen molar-refractivity contribution in [3.63, 3.8) is 0 Å². The molecule has 1 atom stereocenters. The van der Waals surface area contributed by atoms with Crippen LogP contribution in [-0.2, 0) is 22.6 Å². The van der Waals surface area contributed by atoms with Crippen molar-refractivity contribution >= 4 is 39.3 Å². The molecule has 156 valence electrons. The Labute approximate surface area is 185 Å². The second-order valence-electron chi connectivity index (χ2n) is 6.63. The first kappa shape index (κ1) is 23.2. The fraction of sp³-hybridized carbons (Fsp3) is 0.364. The predicted molar refractivity (Wildman–Crippen MR) is 119 cm³/mol. The predicted octanol–water partition coefficient (Wildman–Crippen LogP) is 4.60. The molecule has 0 unspecified atom stereocenters. The summed E-state index contributed by atoms with van der Waals surface area (Å²) in [5.74, 6) is 0.0930. The fourth-order valence-electron chi connectivity index (χ4n) is 2.84. The Bertz CT molecular complexity index is 860. The average Bonchev–Trinajstić information content (AvgIpc) is 2.70. The molecular formula is C22H26BrClN2O3. The number of carbonyl (C=O) groups is 2. The van der Waals surface area contributed by atoms with Gasteiger partial charge in [-0.3, -0.25) is 9.59 Å². The van der Waals surface area contributed by atoms with E-state index in [1.165, 1.54) is 10.5 Å². The van der Waals surface area contributed by atoms with E-state index >= 15 is 0 Å². The zero-order valence-corrected chi connectivity index (χ0v) is 19.2. The molecule has 0 aliphatic heterocycles. The highest BCUT2D eigenvalue weighted by Crippen LogP contribution is 2.26. The van der Waals surface area contributed by atoms with E-state index in [2.05, 4.69) is 28.2 Å². The summed E-state index contributed by atoms with van der Waals surface area (Å²) >= 11 is 9.55. The van der Waals surface area contributed by atoms with E-state index in [0.29, 0.717) is 17.3 Å². The summed E-state index contributed by atoms with van der Waals surface area (Å²) in [5.41, 5.74) is 2.01. The third-order valence-corrected chi connectivity index (χ3v) is 5.37. The highest BCUT2D eigenvalue weighted by atomic mass is 79.9. The monoisotopic (exact) mass is 480 g/mol. The lowest BCUT2D eigenvalue weighted by atomic mass is 10.1. The van der Waals surface area contributed by atoms with Crippen LogP contribution in [0.15, 0.2) is 46.9 Å². The number of carbonyl (C=O) groups excluding carboxylic acids is 2. The van der Waals surface area contributed by atoms with E-state index in [1.54, 1.807) is 19.1 Å². The standard InChI is InChI=1S/C22H26BrClN2O3/c1-4-16-9-10-20(19(23)12-16)29-14-21(27)26(15(3)22(28)25-5-2)13-17-7-6-8-18(24)11-17/h6-12,15H,4-5,13-14H2,1-3H3,(H,25,28)/t15-/m1/s1. The largest absolute Gasteiger partial charge is 0.483 e. The van der Waals surface area contributed by atoms with E-state index in [0.717, 1.165) is 16.5 Å². The van der Waals surface area contributed by atoms with Crippen LogP contribution in [0.1, 0.15) is 31.9 Å². The molecule has 0 spiro atoms. The SMILES string of the molecule is CCNC(=O)[C@@H](C)N(Cc1cccc(Cl)c1)C(=O)COc1ccc(CC)cc1Br. The number of hydrogen-bond donors (Lipinski definition) is 1. The summed E-state index contributed by atoms with van der Waals surface area (Å²) < 4.78 is 6.53. The van der Waals surface area contributed by atoms with Gasteiger partial charge in [-0.25, -0.2) is 0 Å². The van der Waals surface area contributed by atoms with E-state index in [4.69, 9.17) is 16.3 Å². The molecule has 5 nitrogen and oxygen atoms in total. The Morgan fingerprint density at radius 2 is 1.93 bits per heavy atom. The summed E-state index contributed by atoms with van der Waals surface area (Å²) in [5, 5.41) is 3.35. The highest BCUT2D eigenvalue weighted by molar-refractivity contribution is 9.10. The highest BCUT2D eigenvalue weighted by Gasteiger charge is 2.26. The molecule has 0 aliphatic rings. The Balaban J connectivity index is 2.15. The summed E-state index contributed by atoms with van der Waals surface area (Å²) in [6.07, 6.45) is 0.912. The molecule has 2 aromatic rings. The number of rotatable bonds is 9. The molecular weight excluding hydrogens is 456 g/mol. The molecule has 0 aromatic heterocycles. The lowest BCUT2D eigenvalue weighted by molar-refractivity contribution is -0.142. The minimum Gasteiger partial charge on any atom is -0.483 e. The molecule has 7 heteroatoms. The van der Waals surface area contributed by atoms with Gasteiger partial charge in [0, 0.05) is 18.1 Å². The maximum atomic E-state index is 13.0. The van der Waals surface area contributed by atoms with Crippen LogP contribution in [0.2, 0.25) is 5.02 Å². The number of hydrogen-bond acceptors (Lipinski definition) is 3. The van der Waals surface area contributed by atoms with Gasteiger partial charge in [0.15, 0.2) is 6.61 Å². The van der Waals surface area contributed by atoms with Gasteiger partial charge in [-0.15, -0.1) is 0 Å². The first-order chi connectivity index (χ1) is 13.8. The van der Waals surface area contributed by atoms with Gasteiger partial charge in [-0.2, -0.15) is 0 Å². The van der Waals surface area contributed by atoms with Gasteiger partial charge < -0.3 is 15.0 Å². The van der Waals surface area contributed by atoms with Crippen LogP contribution in [-0.4, -0.2) is 35.9 Å². The Hall–Kier alpha value is -2.05. The number of halogens is 2. The maximum absolute atomic E-state index is 13.0. The minimum atomic E-state index is -0.643. The van der Waals surface area contributed by atoms with Crippen molar-refractivity contribution in [3.8, 4) is 5.75 Å². The third-order valence-electron chi connectivity index (χ3n) is 4.52. The van der Waals surface area contributed by atoms with E-state index in [1.807, 2.05) is 37.3 Å². The van der Waals surface area contributed by atoms with Gasteiger partial charge in [-0.05, 0) is 71.6 Å². The van der Waals surface area contributed by atoms with E-state index < -0.39 is 6.04 Å². The summed E-state index contributed by atoms with van der Waals surface area (Å²) in [4.78, 5) is 26.8. The molecule has 2 rings (SSSR count). The zero-order valence-electron chi connectivity index (χ0n) is 16.9. The maximum Gasteiger partial charge on any atom is 0.261 e. The summed E-state index contributed by atoms with van der Waals surface area (Å²) in [7, 11) is 0. The van der Waals surface area contributed by atoms with Crippen molar-refractivity contribution in [1.82, 2.24) is 10.2 Å². The van der Waals surface area contributed by atoms with Crippen LogP contribution in [0.4, 0.5) is 0 Å². The third kappa shape index (κ3) is 6.75. The Morgan fingerprint density at radius 1 is 1.17 bits per heavy atom. The van der Waals surface area contributed by atoms with Gasteiger partial charge >= 0.3 is 0 Å². The number of nitrogens with zero attached hydrogens (tertiary/aromatic N) is 1. The number of benzene rings is 2. The van der Waals surface area contributed by atoms with Crippen molar-refractivity contribution in [3.05, 3.63) is 63.1 Å². The van der Waals surface area contributed by atoms with Gasteiger partial charge in [0.2, 0.25) is 5.91 Å². The first-order valence-corrected chi connectivity index (χ1v) is 10.8. The summed E-state index contributed by atoms with van der Waals surface area (Å²) in [6.45, 7) is 6.21. The van der Waals surface area contributed by atoms with Crippen LogP contribution in [0.3, 0.4) is 0 Å². The molecule has 2 amide bonds. The second kappa shape index (κ2) is 11.2. The molecule has 29 heavy (non-hydrogen) atoms. The molecule has 0 fully saturated rings. The molecule has 0 saturated heterocycles. The fourth-order valence-corrected chi connectivity index (χ4v) is 3.59. The van der Waals surface area contributed by atoms with Gasteiger partial charge in [0.1, 0.15) is 11.8 Å². The van der Waals surface area contributed by atoms with Crippen LogP contribution < -0.4 is 10.1 Å². The second-order valence-corrected chi connectivity index (χ2v) is 7.92. The van der Waals surface area contributed by atoms with Crippen LogP contribution in [0.5, 0.6) is 5.75 Å². The minimum absolute atomic E-state index is 0.172. The molecule has 0 saturated carbocycles. The molecule has 2 aromatic carbocycles. The molecule has 0 radical (unpaired) electrons. The van der Waals surface area contributed by atoms with Gasteiger partial charge in [0.05, 0.1) is 4.47 Å². The number of nitrogens with one attached hydrogen (secondary N) is 1. The Morgan fingerprint density at radius 3 is 2.55 bits per heavy atom. The number of aryl methyl sites for hydroxylation is 1. The molecule has 1 N–H and O–H groups in total. The lowest BCUT2D eigenvalue weighted by Gasteiger charge is -2.28. The number of amides is 2. The molecule has 0 bridgehead atoms. The van der Waals surface area contributed by atoms with Crippen molar-refractivity contribution in [1.29, 1.82) is 0 Å². The Kier molecular flexibility index (Phi) is 8.99. The normalized spacial score (nSPS) is 11.6. The average molecular weight is 482 g/mol. The summed E-state index contributed by atoms with van der Waals surface area (Å²) in [6, 6.07) is 12.4. The van der Waals surface area contributed by atoms with Gasteiger partial charge in [0.25, 0.3) is 5.91 Å². The molecule has 0 aliphatic carbocycles. The van der Waals surface area contributed by atoms with Crippen molar-refractivity contribution in [2.75, 3.05) is 13.2 Å². The van der Waals surface area contributed by atoms with E-state index in [9.17, 15) is 9.59 Å². The zero-order chi connectivity index (χ0) is 21.4. The van der Waals surface area contributed by atoms with Crippen LogP contribution in [0, 0.1) is 0 Å². The number of likely N-dealkylation sites (N-methyl/N-ethyl adjacent to an activating group) is 1. The smallest absolute Gasteiger partial charge is 0.261 e. The van der Waals surface area contributed by atoms with Crippen LogP contribution >= 0.6 is 27.5 Å². The van der Waals surface area contributed by atoms with Crippen molar-refractivity contribution in [2.24, 2.45) is 0 Å². The topological polar surface area (TPSA) is 58.6 Å². The quantitative estimate of drug-likeness (QED) is 0.569. The first-order valence-electron chi connectivity index (χ1n) is 9.58. The van der Waals surface area contributed by atoms with Crippen molar-refractivity contribution < 1.29 is 14.3 Å². The molecule has 0 heterocycles.